The van der Waals surface area contributed by atoms with Gasteiger partial charge in [0, 0.05) is 5.69 Å². The Kier molecular flexibility index (Phi) is 5.57. The lowest BCUT2D eigenvalue weighted by Crippen LogP contribution is -2.15. The Morgan fingerprint density at radius 3 is 2.52 bits per heavy atom. The number of carbonyl (C=O) groups is 1. The molecule has 0 saturated heterocycles. The lowest BCUT2D eigenvalue weighted by atomic mass is 10.2. The molecular formula is C23H16F2N6OS. The van der Waals surface area contributed by atoms with E-state index in [2.05, 4.69) is 25.5 Å². The van der Waals surface area contributed by atoms with Crippen LogP contribution in [0.3, 0.4) is 0 Å². The van der Waals surface area contributed by atoms with Crippen molar-refractivity contribution in [1.29, 1.82) is 0 Å². The Bertz CT molecular complexity index is 1410. The maximum absolute atomic E-state index is 14.5. The highest BCUT2D eigenvalue weighted by Gasteiger charge is 2.20. The van der Waals surface area contributed by atoms with Crippen LogP contribution in [0.15, 0.2) is 78.0 Å². The van der Waals surface area contributed by atoms with Crippen LogP contribution in [0.4, 0.5) is 14.7 Å². The average molecular weight is 462 g/mol. The molecule has 0 unspecified atom stereocenters. The van der Waals surface area contributed by atoms with Crippen LogP contribution in [-0.4, -0.2) is 36.4 Å². The summed E-state index contributed by atoms with van der Waals surface area (Å²) in [6.45, 7) is 0. The second kappa shape index (κ2) is 8.83. The van der Waals surface area contributed by atoms with Gasteiger partial charge in [-0.05, 0) is 48.5 Å². The zero-order valence-corrected chi connectivity index (χ0v) is 17.8. The molecule has 0 bridgehead atoms. The fourth-order valence-electron chi connectivity index (χ4n) is 3.31. The number of H-pyrrole nitrogens is 1. The first-order chi connectivity index (χ1) is 16.1. The highest BCUT2D eigenvalue weighted by molar-refractivity contribution is 7.99. The van der Waals surface area contributed by atoms with E-state index in [9.17, 15) is 13.6 Å². The number of hydrogen-bond donors (Lipinski definition) is 2. The Morgan fingerprint density at radius 1 is 0.970 bits per heavy atom. The van der Waals surface area contributed by atoms with E-state index >= 15 is 0 Å². The molecule has 3 aromatic carbocycles. The van der Waals surface area contributed by atoms with Gasteiger partial charge in [0.05, 0.1) is 22.3 Å². The normalized spacial score (nSPS) is 11.1. The summed E-state index contributed by atoms with van der Waals surface area (Å²) in [6.07, 6.45) is 0. The fraction of sp³-hybridized carbons (Fsp3) is 0.0435. The number of anilines is 1. The van der Waals surface area contributed by atoms with Gasteiger partial charge in [-0.15, -0.1) is 10.2 Å². The third kappa shape index (κ3) is 4.33. The monoisotopic (exact) mass is 462 g/mol. The maximum atomic E-state index is 14.5. The SMILES string of the molecule is O=C(CSc1nnc(-c2ccccc2F)n1-c1ccc(F)cc1)Nc1nc2ccccc2[nH]1. The van der Waals surface area contributed by atoms with Gasteiger partial charge in [-0.3, -0.25) is 14.7 Å². The molecule has 0 aliphatic carbocycles. The van der Waals surface area contributed by atoms with Crippen molar-refractivity contribution in [3.8, 4) is 17.1 Å². The predicted octanol–water partition coefficient (Wildman–Crippen LogP) is 4.82. The van der Waals surface area contributed by atoms with Crippen molar-refractivity contribution >= 4 is 34.7 Å². The van der Waals surface area contributed by atoms with Gasteiger partial charge in [0.1, 0.15) is 11.6 Å². The summed E-state index contributed by atoms with van der Waals surface area (Å²) in [7, 11) is 0. The Morgan fingerprint density at radius 2 is 1.73 bits per heavy atom. The van der Waals surface area contributed by atoms with Crippen LogP contribution >= 0.6 is 11.8 Å². The average Bonchev–Trinajstić information content (AvgIpc) is 3.42. The molecule has 2 heterocycles. The summed E-state index contributed by atoms with van der Waals surface area (Å²) >= 11 is 1.12. The first-order valence-electron chi connectivity index (χ1n) is 9.92. The van der Waals surface area contributed by atoms with E-state index in [1.807, 2.05) is 24.3 Å². The molecule has 5 rings (SSSR count). The third-order valence-corrected chi connectivity index (χ3v) is 5.74. The maximum Gasteiger partial charge on any atom is 0.237 e. The highest BCUT2D eigenvalue weighted by Crippen LogP contribution is 2.29. The number of benzene rings is 3. The Labute approximate surface area is 190 Å². The fourth-order valence-corrected chi connectivity index (χ4v) is 4.07. The molecule has 33 heavy (non-hydrogen) atoms. The smallest absolute Gasteiger partial charge is 0.237 e. The van der Waals surface area contributed by atoms with Crippen LogP contribution in [-0.2, 0) is 4.79 Å². The van der Waals surface area contributed by atoms with E-state index in [1.54, 1.807) is 34.9 Å². The van der Waals surface area contributed by atoms with Crippen molar-refractivity contribution in [3.63, 3.8) is 0 Å². The number of aromatic amines is 1. The summed E-state index contributed by atoms with van der Waals surface area (Å²) in [5.41, 5.74) is 2.34. The van der Waals surface area contributed by atoms with E-state index in [0.29, 0.717) is 16.8 Å². The van der Waals surface area contributed by atoms with Gasteiger partial charge in [-0.2, -0.15) is 0 Å². The second-order valence-electron chi connectivity index (χ2n) is 7.04. The third-order valence-electron chi connectivity index (χ3n) is 4.81. The molecule has 0 fully saturated rings. The van der Waals surface area contributed by atoms with Gasteiger partial charge in [-0.1, -0.05) is 36.0 Å². The summed E-state index contributed by atoms with van der Waals surface area (Å²) < 4.78 is 29.5. The van der Waals surface area contributed by atoms with Gasteiger partial charge in [0.2, 0.25) is 11.9 Å². The molecule has 0 radical (unpaired) electrons. The number of hydrogen-bond acceptors (Lipinski definition) is 5. The van der Waals surface area contributed by atoms with E-state index in [0.717, 1.165) is 22.8 Å². The molecule has 5 aromatic rings. The van der Waals surface area contributed by atoms with Crippen LogP contribution in [0.5, 0.6) is 0 Å². The van der Waals surface area contributed by atoms with Crippen LogP contribution in [0, 0.1) is 11.6 Å². The lowest BCUT2D eigenvalue weighted by Gasteiger charge is -2.11. The van der Waals surface area contributed by atoms with Crippen molar-refractivity contribution in [2.24, 2.45) is 0 Å². The molecular weight excluding hydrogens is 446 g/mol. The first kappa shape index (κ1) is 20.8. The zero-order valence-electron chi connectivity index (χ0n) is 17.0. The first-order valence-corrected chi connectivity index (χ1v) is 10.9. The molecule has 2 N–H and O–H groups in total. The molecule has 0 atom stereocenters. The van der Waals surface area contributed by atoms with E-state index in [-0.39, 0.29) is 23.0 Å². The quantitative estimate of drug-likeness (QED) is 0.353. The number of thioether (sulfide) groups is 1. The number of imidazole rings is 1. The van der Waals surface area contributed by atoms with Crippen molar-refractivity contribution in [2.75, 3.05) is 11.1 Å². The van der Waals surface area contributed by atoms with Crippen molar-refractivity contribution in [2.45, 2.75) is 5.16 Å². The number of aromatic nitrogens is 5. The number of para-hydroxylation sites is 2. The molecule has 10 heteroatoms. The highest BCUT2D eigenvalue weighted by atomic mass is 32.2. The zero-order chi connectivity index (χ0) is 22.8. The predicted molar refractivity (Wildman–Crippen MR) is 122 cm³/mol. The topological polar surface area (TPSA) is 88.5 Å². The van der Waals surface area contributed by atoms with E-state index < -0.39 is 11.6 Å². The minimum atomic E-state index is -0.465. The number of rotatable bonds is 6. The Hall–Kier alpha value is -4.05. The largest absolute Gasteiger partial charge is 0.324 e. The summed E-state index contributed by atoms with van der Waals surface area (Å²) in [6, 6.07) is 19.3. The summed E-state index contributed by atoms with van der Waals surface area (Å²) in [5.74, 6) is -0.576. The number of fused-ring (bicyclic) bond motifs is 1. The van der Waals surface area contributed by atoms with Gasteiger partial charge >= 0.3 is 0 Å². The van der Waals surface area contributed by atoms with Crippen molar-refractivity contribution in [3.05, 3.63) is 84.4 Å². The molecule has 164 valence electrons. The van der Waals surface area contributed by atoms with E-state index in [4.69, 9.17) is 0 Å². The Balaban J connectivity index is 1.41. The molecule has 2 aromatic heterocycles. The summed E-state index contributed by atoms with van der Waals surface area (Å²) in [5, 5.41) is 11.4. The lowest BCUT2D eigenvalue weighted by molar-refractivity contribution is -0.113. The van der Waals surface area contributed by atoms with Crippen LogP contribution in [0.2, 0.25) is 0 Å². The van der Waals surface area contributed by atoms with Crippen LogP contribution in [0.25, 0.3) is 28.1 Å². The minimum Gasteiger partial charge on any atom is -0.324 e. The number of carbonyl (C=O) groups excluding carboxylic acids is 1. The molecule has 7 nitrogen and oxygen atoms in total. The van der Waals surface area contributed by atoms with Gasteiger partial charge in [0.25, 0.3) is 0 Å². The molecule has 0 saturated carbocycles. The van der Waals surface area contributed by atoms with Gasteiger partial charge in [-0.25, -0.2) is 13.8 Å². The van der Waals surface area contributed by atoms with E-state index in [1.165, 1.54) is 18.2 Å². The van der Waals surface area contributed by atoms with Gasteiger partial charge < -0.3 is 4.98 Å². The standard InChI is InChI=1S/C23H16F2N6OS/c24-14-9-11-15(12-10-14)31-21(16-5-1-2-6-17(16)25)29-30-23(31)33-13-20(32)28-22-26-18-7-3-4-8-19(18)27-22/h1-12H,13H2,(H2,26,27,28,32). The van der Waals surface area contributed by atoms with Crippen molar-refractivity contribution < 1.29 is 13.6 Å². The molecule has 1 amide bonds. The second-order valence-corrected chi connectivity index (χ2v) is 7.98. The molecule has 0 aliphatic rings. The summed E-state index contributed by atoms with van der Waals surface area (Å²) in [4.78, 5) is 19.9. The molecule has 0 spiro atoms. The number of nitrogens with zero attached hydrogens (tertiary/aromatic N) is 4. The number of nitrogens with one attached hydrogen (secondary N) is 2. The minimum absolute atomic E-state index is 0.00758. The van der Waals surface area contributed by atoms with Gasteiger partial charge in [0.15, 0.2) is 11.0 Å². The van der Waals surface area contributed by atoms with Crippen LogP contribution in [0.1, 0.15) is 0 Å². The number of amides is 1. The number of halogens is 2. The van der Waals surface area contributed by atoms with Crippen LogP contribution < -0.4 is 5.32 Å². The van der Waals surface area contributed by atoms with Crippen molar-refractivity contribution in [1.82, 2.24) is 24.7 Å². The molecule has 0 aliphatic heterocycles.